The quantitative estimate of drug-likeness (QED) is 0.134. The van der Waals surface area contributed by atoms with Crippen molar-refractivity contribution in [3.05, 3.63) is 48.0 Å². The number of carboxylic acids is 1. The molecule has 0 fully saturated rings. The molecule has 3 amide bonds. The Morgan fingerprint density at radius 2 is 1.57 bits per heavy atom. The Labute approximate surface area is 214 Å². The third-order valence-electron chi connectivity index (χ3n) is 5.60. The number of phenols is 1. The molecule has 2 aromatic rings. The van der Waals surface area contributed by atoms with E-state index in [2.05, 4.69) is 25.9 Å². The van der Waals surface area contributed by atoms with Crippen molar-refractivity contribution in [3.63, 3.8) is 0 Å². The third kappa shape index (κ3) is 9.89. The number of nitrogens with zero attached hydrogens (tertiary/aromatic N) is 1. The molecule has 1 aromatic carbocycles. The predicted molar refractivity (Wildman–Crippen MR) is 134 cm³/mol. The normalized spacial score (nSPS) is 14.1. The fraction of sp³-hybridized carbons (Fsp3) is 0.458. The van der Waals surface area contributed by atoms with E-state index in [1.807, 2.05) is 0 Å². The fourth-order valence-electron chi connectivity index (χ4n) is 3.50. The van der Waals surface area contributed by atoms with E-state index >= 15 is 0 Å². The zero-order valence-corrected chi connectivity index (χ0v) is 20.6. The molecule has 4 atom stereocenters. The Kier molecular flexibility index (Phi) is 11.5. The van der Waals surface area contributed by atoms with Crippen molar-refractivity contribution in [1.29, 1.82) is 0 Å². The molecule has 1 heterocycles. The van der Waals surface area contributed by atoms with E-state index in [0.717, 1.165) is 0 Å². The number of rotatable bonds is 15. The van der Waals surface area contributed by atoms with Crippen LogP contribution in [-0.4, -0.2) is 74.6 Å². The topological polar surface area (TPSA) is 226 Å². The van der Waals surface area contributed by atoms with E-state index in [-0.39, 0.29) is 25.0 Å². The van der Waals surface area contributed by atoms with Gasteiger partial charge in [0, 0.05) is 24.7 Å². The van der Waals surface area contributed by atoms with Crippen LogP contribution in [-0.2, 0) is 32.0 Å². The first-order chi connectivity index (χ1) is 17.6. The lowest BCUT2D eigenvalue weighted by atomic mass is 10.0. The van der Waals surface area contributed by atoms with Crippen molar-refractivity contribution in [3.8, 4) is 5.75 Å². The zero-order valence-electron chi connectivity index (χ0n) is 20.6. The fourth-order valence-corrected chi connectivity index (χ4v) is 3.50. The van der Waals surface area contributed by atoms with Gasteiger partial charge in [0.05, 0.1) is 12.4 Å². The number of carbonyl (C=O) groups excluding carboxylic acids is 3. The molecule has 13 nitrogen and oxygen atoms in total. The molecule has 0 saturated heterocycles. The Morgan fingerprint density at radius 1 is 0.946 bits per heavy atom. The summed E-state index contributed by atoms with van der Waals surface area (Å²) < 4.78 is 0. The van der Waals surface area contributed by atoms with Crippen molar-refractivity contribution in [2.45, 2.75) is 63.2 Å². The van der Waals surface area contributed by atoms with Gasteiger partial charge in [-0.05, 0) is 50.4 Å². The highest BCUT2D eigenvalue weighted by Crippen LogP contribution is 2.12. The number of carbonyl (C=O) groups is 4. The van der Waals surface area contributed by atoms with Gasteiger partial charge in [0.1, 0.15) is 23.9 Å². The largest absolute Gasteiger partial charge is 0.508 e. The van der Waals surface area contributed by atoms with Gasteiger partial charge in [0.15, 0.2) is 0 Å². The van der Waals surface area contributed by atoms with Gasteiger partial charge in [0.25, 0.3) is 0 Å². The number of unbranched alkanes of at least 4 members (excludes halogenated alkanes) is 1. The number of aromatic hydroxyl groups is 1. The van der Waals surface area contributed by atoms with Gasteiger partial charge in [0.2, 0.25) is 17.7 Å². The second-order valence-electron chi connectivity index (χ2n) is 8.75. The number of aliphatic carboxylic acids is 1. The van der Waals surface area contributed by atoms with Crippen molar-refractivity contribution < 1.29 is 29.4 Å². The van der Waals surface area contributed by atoms with Gasteiger partial charge in [-0.15, -0.1) is 0 Å². The minimum atomic E-state index is -1.27. The van der Waals surface area contributed by atoms with Crippen LogP contribution in [0.5, 0.6) is 5.75 Å². The van der Waals surface area contributed by atoms with E-state index < -0.39 is 47.9 Å². The van der Waals surface area contributed by atoms with E-state index in [1.54, 1.807) is 12.1 Å². The molecule has 0 aliphatic carbocycles. The lowest BCUT2D eigenvalue weighted by Gasteiger charge is -2.25. The van der Waals surface area contributed by atoms with Gasteiger partial charge < -0.3 is 42.6 Å². The van der Waals surface area contributed by atoms with Gasteiger partial charge >= 0.3 is 5.97 Å². The Hall–Kier alpha value is -3.97. The molecule has 202 valence electrons. The first kappa shape index (κ1) is 29.3. The van der Waals surface area contributed by atoms with Crippen molar-refractivity contribution >= 4 is 23.7 Å². The molecule has 0 saturated carbocycles. The van der Waals surface area contributed by atoms with E-state index in [1.165, 1.54) is 31.6 Å². The number of imidazole rings is 1. The average Bonchev–Trinajstić information content (AvgIpc) is 3.36. The third-order valence-corrected chi connectivity index (χ3v) is 5.60. The summed E-state index contributed by atoms with van der Waals surface area (Å²) in [6.07, 6.45) is 4.28. The summed E-state index contributed by atoms with van der Waals surface area (Å²) in [5.74, 6) is -3.10. The zero-order chi connectivity index (χ0) is 27.4. The first-order valence-corrected chi connectivity index (χ1v) is 12.0. The maximum Gasteiger partial charge on any atom is 0.326 e. The number of carboxylic acid groups (broad SMARTS) is 1. The highest BCUT2D eigenvalue weighted by Gasteiger charge is 2.30. The Bertz CT molecular complexity index is 1030. The molecule has 0 spiro atoms. The maximum atomic E-state index is 13.2. The monoisotopic (exact) mass is 517 g/mol. The van der Waals surface area contributed by atoms with Crippen molar-refractivity contribution in [1.82, 2.24) is 25.9 Å². The van der Waals surface area contributed by atoms with Gasteiger partial charge in [-0.25, -0.2) is 9.78 Å². The highest BCUT2D eigenvalue weighted by molar-refractivity contribution is 5.94. The molecular weight excluding hydrogens is 482 g/mol. The number of hydrogen-bond acceptors (Lipinski definition) is 8. The molecule has 4 unspecified atom stereocenters. The molecule has 0 radical (unpaired) electrons. The summed E-state index contributed by atoms with van der Waals surface area (Å²) in [6.45, 7) is 1.86. The van der Waals surface area contributed by atoms with Crippen molar-refractivity contribution in [2.24, 2.45) is 11.5 Å². The van der Waals surface area contributed by atoms with Crippen LogP contribution in [0, 0.1) is 0 Å². The summed E-state index contributed by atoms with van der Waals surface area (Å²) in [5, 5.41) is 26.8. The summed E-state index contributed by atoms with van der Waals surface area (Å²) in [5.41, 5.74) is 12.4. The smallest absolute Gasteiger partial charge is 0.326 e. The van der Waals surface area contributed by atoms with Crippen LogP contribution in [0.4, 0.5) is 0 Å². The number of nitrogens with one attached hydrogen (secondary N) is 4. The number of aromatic nitrogens is 2. The van der Waals surface area contributed by atoms with Gasteiger partial charge in [-0.3, -0.25) is 14.4 Å². The predicted octanol–water partition coefficient (Wildman–Crippen LogP) is -1.08. The Morgan fingerprint density at radius 3 is 2.14 bits per heavy atom. The number of nitrogens with two attached hydrogens (primary N) is 2. The lowest BCUT2D eigenvalue weighted by Crippen LogP contribution is -2.57. The van der Waals surface area contributed by atoms with Crippen LogP contribution < -0.4 is 27.4 Å². The van der Waals surface area contributed by atoms with Gasteiger partial charge in [-0.2, -0.15) is 0 Å². The number of phenolic OH excluding ortho intramolecular Hbond substituents is 1. The number of amides is 3. The first-order valence-electron chi connectivity index (χ1n) is 12.0. The molecule has 0 aliphatic heterocycles. The van der Waals surface area contributed by atoms with E-state index in [4.69, 9.17) is 11.5 Å². The molecule has 13 heteroatoms. The van der Waals surface area contributed by atoms with Crippen LogP contribution in [0.2, 0.25) is 0 Å². The standard InChI is InChI=1S/C24H35N7O6/c1-14(26)21(33)30-19(11-16-12-27-13-28-16)23(35)29-18(4-2-3-9-25)22(34)31-20(24(36)37)10-15-5-7-17(32)8-6-15/h5-8,12-14,18-20,32H,2-4,9-11,25-26H2,1H3,(H,27,28)(H,29,35)(H,30,33)(H,31,34)(H,36,37). The molecule has 37 heavy (non-hydrogen) atoms. The molecule has 0 bridgehead atoms. The van der Waals surface area contributed by atoms with Crippen molar-refractivity contribution in [2.75, 3.05) is 6.54 Å². The summed E-state index contributed by atoms with van der Waals surface area (Å²) in [7, 11) is 0. The molecule has 10 N–H and O–H groups in total. The minimum Gasteiger partial charge on any atom is -0.508 e. The Balaban J connectivity index is 2.17. The molecular formula is C24H35N7O6. The molecule has 1 aromatic heterocycles. The van der Waals surface area contributed by atoms with Crippen LogP contribution in [0.25, 0.3) is 0 Å². The van der Waals surface area contributed by atoms with Crippen LogP contribution in [0.3, 0.4) is 0 Å². The molecule has 0 aliphatic rings. The van der Waals surface area contributed by atoms with Gasteiger partial charge in [-0.1, -0.05) is 12.1 Å². The van der Waals surface area contributed by atoms with Crippen LogP contribution >= 0.6 is 0 Å². The minimum absolute atomic E-state index is 0.0300. The van der Waals surface area contributed by atoms with Crippen LogP contribution in [0.1, 0.15) is 37.4 Å². The summed E-state index contributed by atoms with van der Waals surface area (Å²) >= 11 is 0. The summed E-state index contributed by atoms with van der Waals surface area (Å²) in [6, 6.07) is 1.68. The molecule has 2 rings (SSSR count). The average molecular weight is 518 g/mol. The van der Waals surface area contributed by atoms with E-state index in [0.29, 0.717) is 30.6 Å². The number of hydrogen-bond donors (Lipinski definition) is 8. The second-order valence-corrected chi connectivity index (χ2v) is 8.75. The highest BCUT2D eigenvalue weighted by atomic mass is 16.4. The maximum absolute atomic E-state index is 13.2. The lowest BCUT2D eigenvalue weighted by molar-refractivity contribution is -0.142. The SMILES string of the molecule is CC(N)C(=O)NC(Cc1cnc[nH]1)C(=O)NC(CCCCN)C(=O)NC(Cc1ccc(O)cc1)C(=O)O. The second kappa shape index (κ2) is 14.6. The number of H-pyrrole nitrogens is 1. The summed E-state index contributed by atoms with van der Waals surface area (Å²) in [4.78, 5) is 57.1. The van der Waals surface area contributed by atoms with E-state index in [9.17, 15) is 29.4 Å². The number of aromatic amines is 1. The van der Waals surface area contributed by atoms with Crippen LogP contribution in [0.15, 0.2) is 36.8 Å². The number of benzene rings is 1.